The van der Waals surface area contributed by atoms with Crippen LogP contribution in [0, 0.1) is 6.92 Å². The zero-order valence-electron chi connectivity index (χ0n) is 12.3. The average Bonchev–Trinajstić information content (AvgIpc) is 2.91. The van der Waals surface area contributed by atoms with Gasteiger partial charge < -0.3 is 0 Å². The van der Waals surface area contributed by atoms with Crippen LogP contribution in [0.4, 0.5) is 0 Å². The molecule has 0 unspecified atom stereocenters. The topological polar surface area (TPSA) is 54.5 Å². The number of hydrogen-bond donors (Lipinski definition) is 0. The second-order valence-corrected chi connectivity index (χ2v) is 7.42. The van der Waals surface area contributed by atoms with E-state index in [1.807, 2.05) is 37.3 Å². The third kappa shape index (κ3) is 2.64. The van der Waals surface area contributed by atoms with Gasteiger partial charge in [0.15, 0.2) is 0 Å². The molecule has 3 rings (SSSR count). The third-order valence-electron chi connectivity index (χ3n) is 3.97. The van der Waals surface area contributed by atoms with Crippen molar-refractivity contribution in [2.45, 2.75) is 24.2 Å². The standard InChI is InChI=1S/C17H17NO3S/c1-13-7-9-16(10-8-13)22(20,21)18-12-15(11-17(18)19)14-5-3-2-4-6-14/h2-10,15H,11-12H2,1H3/t15-/m0/s1. The van der Waals surface area contributed by atoms with Crippen molar-refractivity contribution >= 4 is 15.9 Å². The van der Waals surface area contributed by atoms with Gasteiger partial charge in [-0.2, -0.15) is 0 Å². The predicted molar refractivity (Wildman–Crippen MR) is 83.9 cm³/mol. The number of aryl methyl sites for hydroxylation is 1. The molecule has 1 heterocycles. The molecule has 1 saturated heterocycles. The van der Waals surface area contributed by atoms with E-state index < -0.39 is 10.0 Å². The minimum atomic E-state index is -3.76. The van der Waals surface area contributed by atoms with Crippen molar-refractivity contribution in [1.29, 1.82) is 0 Å². The number of carbonyl (C=O) groups is 1. The van der Waals surface area contributed by atoms with Gasteiger partial charge in [-0.15, -0.1) is 0 Å². The van der Waals surface area contributed by atoms with Crippen LogP contribution in [0.1, 0.15) is 23.5 Å². The molecule has 0 saturated carbocycles. The quantitative estimate of drug-likeness (QED) is 0.875. The molecule has 1 aliphatic rings. The number of rotatable bonds is 3. The van der Waals surface area contributed by atoms with Crippen LogP contribution in [0.25, 0.3) is 0 Å². The van der Waals surface area contributed by atoms with Gasteiger partial charge >= 0.3 is 0 Å². The van der Waals surface area contributed by atoms with Gasteiger partial charge in [-0.05, 0) is 24.6 Å². The fourth-order valence-electron chi connectivity index (χ4n) is 2.70. The summed E-state index contributed by atoms with van der Waals surface area (Å²) >= 11 is 0. The first kappa shape index (κ1) is 14.8. The summed E-state index contributed by atoms with van der Waals surface area (Å²) in [6, 6.07) is 16.1. The molecule has 2 aromatic rings. The molecule has 0 aliphatic carbocycles. The maximum Gasteiger partial charge on any atom is 0.266 e. The Labute approximate surface area is 130 Å². The largest absolute Gasteiger partial charge is 0.274 e. The van der Waals surface area contributed by atoms with Gasteiger partial charge in [-0.1, -0.05) is 48.0 Å². The van der Waals surface area contributed by atoms with Gasteiger partial charge in [0.1, 0.15) is 0 Å². The Morgan fingerprint density at radius 2 is 1.64 bits per heavy atom. The van der Waals surface area contributed by atoms with Crippen LogP contribution in [0.5, 0.6) is 0 Å². The maximum absolute atomic E-state index is 12.6. The molecule has 1 atom stereocenters. The highest BCUT2D eigenvalue weighted by Gasteiger charge is 2.38. The zero-order chi connectivity index (χ0) is 15.7. The second-order valence-electron chi connectivity index (χ2n) is 5.55. The van der Waals surface area contributed by atoms with Crippen LogP contribution >= 0.6 is 0 Å². The lowest BCUT2D eigenvalue weighted by atomic mass is 9.99. The van der Waals surface area contributed by atoms with Gasteiger partial charge in [0, 0.05) is 18.9 Å². The Hall–Kier alpha value is -2.14. The summed E-state index contributed by atoms with van der Waals surface area (Å²) in [7, 11) is -3.76. The van der Waals surface area contributed by atoms with Crippen molar-refractivity contribution < 1.29 is 13.2 Å². The fraction of sp³-hybridized carbons (Fsp3) is 0.235. The average molecular weight is 315 g/mol. The highest BCUT2D eigenvalue weighted by molar-refractivity contribution is 7.89. The lowest BCUT2D eigenvalue weighted by molar-refractivity contribution is -0.123. The van der Waals surface area contributed by atoms with Gasteiger partial charge in [0.2, 0.25) is 5.91 Å². The van der Waals surface area contributed by atoms with Crippen molar-refractivity contribution in [2.75, 3.05) is 6.54 Å². The molecule has 0 spiro atoms. The molecule has 5 heteroatoms. The first-order valence-electron chi connectivity index (χ1n) is 7.15. The first-order chi connectivity index (χ1) is 10.5. The van der Waals surface area contributed by atoms with Gasteiger partial charge in [-0.25, -0.2) is 12.7 Å². The molecule has 1 aliphatic heterocycles. The Bertz CT molecular complexity index is 782. The van der Waals surface area contributed by atoms with Crippen LogP contribution < -0.4 is 0 Å². The molecule has 4 nitrogen and oxygen atoms in total. The Morgan fingerprint density at radius 1 is 1.00 bits per heavy atom. The Kier molecular flexibility index (Phi) is 3.74. The number of amides is 1. The number of benzene rings is 2. The van der Waals surface area contributed by atoms with E-state index in [0.29, 0.717) is 0 Å². The van der Waals surface area contributed by atoms with E-state index in [0.717, 1.165) is 15.4 Å². The van der Waals surface area contributed by atoms with Crippen molar-refractivity contribution in [3.8, 4) is 0 Å². The molecule has 1 amide bonds. The smallest absolute Gasteiger partial charge is 0.266 e. The lowest BCUT2D eigenvalue weighted by Gasteiger charge is -2.17. The molecule has 0 N–H and O–H groups in total. The summed E-state index contributed by atoms with van der Waals surface area (Å²) in [6.45, 7) is 2.10. The summed E-state index contributed by atoms with van der Waals surface area (Å²) in [5.74, 6) is -0.414. The molecular formula is C17H17NO3S. The van der Waals surface area contributed by atoms with Crippen molar-refractivity contribution in [3.05, 3.63) is 65.7 Å². The zero-order valence-corrected chi connectivity index (χ0v) is 13.1. The van der Waals surface area contributed by atoms with Gasteiger partial charge in [0.25, 0.3) is 10.0 Å². The summed E-state index contributed by atoms with van der Waals surface area (Å²) in [4.78, 5) is 12.4. The number of carbonyl (C=O) groups excluding carboxylic acids is 1. The summed E-state index contributed by atoms with van der Waals surface area (Å²) < 4.78 is 26.3. The van der Waals surface area contributed by atoms with Crippen LogP contribution in [-0.4, -0.2) is 25.2 Å². The SMILES string of the molecule is Cc1ccc(S(=O)(=O)N2C[C@@H](c3ccccc3)CC2=O)cc1. The number of nitrogens with zero attached hydrogens (tertiary/aromatic N) is 1. The minimum Gasteiger partial charge on any atom is -0.274 e. The molecule has 114 valence electrons. The van der Waals surface area contributed by atoms with Crippen LogP contribution in [-0.2, 0) is 14.8 Å². The molecule has 0 radical (unpaired) electrons. The third-order valence-corrected chi connectivity index (χ3v) is 5.77. The molecule has 22 heavy (non-hydrogen) atoms. The summed E-state index contributed by atoms with van der Waals surface area (Å²) in [5, 5.41) is 0. The summed E-state index contributed by atoms with van der Waals surface area (Å²) in [6.07, 6.45) is 0.231. The summed E-state index contributed by atoms with van der Waals surface area (Å²) in [5.41, 5.74) is 1.98. The van der Waals surface area contributed by atoms with Crippen molar-refractivity contribution in [3.63, 3.8) is 0 Å². The van der Waals surface area contributed by atoms with E-state index in [1.165, 1.54) is 0 Å². The van der Waals surface area contributed by atoms with E-state index >= 15 is 0 Å². The van der Waals surface area contributed by atoms with E-state index in [9.17, 15) is 13.2 Å². The van der Waals surface area contributed by atoms with Crippen molar-refractivity contribution in [2.24, 2.45) is 0 Å². The molecule has 0 aromatic heterocycles. The molecule has 1 fully saturated rings. The van der Waals surface area contributed by atoms with E-state index in [4.69, 9.17) is 0 Å². The van der Waals surface area contributed by atoms with Crippen LogP contribution in [0.3, 0.4) is 0 Å². The van der Waals surface area contributed by atoms with Gasteiger partial charge in [0.05, 0.1) is 4.90 Å². The number of sulfonamides is 1. The second kappa shape index (κ2) is 5.57. The highest BCUT2D eigenvalue weighted by atomic mass is 32.2. The minimum absolute atomic E-state index is 0.0751. The fourth-order valence-corrected chi connectivity index (χ4v) is 4.15. The van der Waals surface area contributed by atoms with Crippen LogP contribution in [0.2, 0.25) is 0 Å². The highest BCUT2D eigenvalue weighted by Crippen LogP contribution is 2.31. The van der Waals surface area contributed by atoms with E-state index in [1.54, 1.807) is 24.3 Å². The molecular weight excluding hydrogens is 298 g/mol. The normalized spacial score (nSPS) is 18.7. The monoisotopic (exact) mass is 315 g/mol. The van der Waals surface area contributed by atoms with Gasteiger partial charge in [-0.3, -0.25) is 4.79 Å². The van der Waals surface area contributed by atoms with Crippen LogP contribution in [0.15, 0.2) is 59.5 Å². The predicted octanol–water partition coefficient (Wildman–Crippen LogP) is 2.70. The maximum atomic E-state index is 12.6. The molecule has 0 bridgehead atoms. The van der Waals surface area contributed by atoms with Crippen molar-refractivity contribution in [1.82, 2.24) is 4.31 Å². The Morgan fingerprint density at radius 3 is 2.27 bits per heavy atom. The molecule has 2 aromatic carbocycles. The first-order valence-corrected chi connectivity index (χ1v) is 8.59. The lowest BCUT2D eigenvalue weighted by Crippen LogP contribution is -2.32. The van der Waals surface area contributed by atoms with E-state index in [2.05, 4.69) is 0 Å². The van der Waals surface area contributed by atoms with E-state index in [-0.39, 0.29) is 29.7 Å². The Balaban J connectivity index is 1.89. The number of hydrogen-bond acceptors (Lipinski definition) is 3.